The molecule has 4 heteroatoms. The molecular formula is C20H23N3S. The summed E-state index contributed by atoms with van der Waals surface area (Å²) in [5.41, 5.74) is 5.18. The molecule has 2 aromatic carbocycles. The van der Waals surface area contributed by atoms with Crippen LogP contribution in [0.2, 0.25) is 0 Å². The third-order valence-electron chi connectivity index (χ3n) is 4.71. The topological polar surface area (TPSA) is 19.4 Å². The van der Waals surface area contributed by atoms with Crippen LogP contribution in [0.1, 0.15) is 16.7 Å². The second-order valence-electron chi connectivity index (χ2n) is 6.67. The van der Waals surface area contributed by atoms with Crippen LogP contribution >= 0.6 is 11.3 Å². The van der Waals surface area contributed by atoms with Gasteiger partial charge in [0.25, 0.3) is 0 Å². The molecule has 0 amide bonds. The first kappa shape index (κ1) is 15.6. The Balaban J connectivity index is 1.45. The first-order chi connectivity index (χ1) is 11.7. The van der Waals surface area contributed by atoms with Crippen LogP contribution in [0.5, 0.6) is 0 Å². The number of fused-ring (bicyclic) bond motifs is 1. The number of aromatic nitrogens is 1. The lowest BCUT2D eigenvalue weighted by Gasteiger charge is -2.34. The largest absolute Gasteiger partial charge is 0.345 e. The standard InChI is InChI=1S/C20H23N3S/c1-15-12-16(2)19-18(13-15)24-20(21-19)23-10-8-22(9-11-23)14-17-6-4-3-5-7-17/h3-7,12-13H,8-11,14H2,1-2H3. The van der Waals surface area contributed by atoms with Gasteiger partial charge >= 0.3 is 0 Å². The van der Waals surface area contributed by atoms with E-state index in [0.29, 0.717) is 0 Å². The lowest BCUT2D eigenvalue weighted by Crippen LogP contribution is -2.45. The van der Waals surface area contributed by atoms with Crippen LogP contribution in [0, 0.1) is 13.8 Å². The quantitative estimate of drug-likeness (QED) is 0.713. The zero-order valence-corrected chi connectivity index (χ0v) is 15.1. The Labute approximate surface area is 147 Å². The fraction of sp³-hybridized carbons (Fsp3) is 0.350. The summed E-state index contributed by atoms with van der Waals surface area (Å²) in [5, 5.41) is 1.18. The van der Waals surface area contributed by atoms with Gasteiger partial charge in [-0.05, 0) is 36.6 Å². The average molecular weight is 337 g/mol. The first-order valence-corrected chi connectivity index (χ1v) is 9.40. The van der Waals surface area contributed by atoms with Crippen LogP contribution in [0.4, 0.5) is 5.13 Å². The summed E-state index contributed by atoms with van der Waals surface area (Å²) in [4.78, 5) is 9.89. The van der Waals surface area contributed by atoms with E-state index in [0.717, 1.165) is 32.7 Å². The molecule has 1 fully saturated rings. The number of piperazine rings is 1. The zero-order chi connectivity index (χ0) is 16.5. The van der Waals surface area contributed by atoms with Gasteiger partial charge in [0.1, 0.15) is 0 Å². The van der Waals surface area contributed by atoms with Crippen LogP contribution < -0.4 is 4.90 Å². The van der Waals surface area contributed by atoms with E-state index in [1.54, 1.807) is 0 Å². The number of rotatable bonds is 3. The van der Waals surface area contributed by atoms with Gasteiger partial charge in [-0.3, -0.25) is 4.90 Å². The van der Waals surface area contributed by atoms with E-state index in [4.69, 9.17) is 4.98 Å². The molecule has 1 aliphatic rings. The van der Waals surface area contributed by atoms with Crippen molar-refractivity contribution in [2.75, 3.05) is 31.1 Å². The van der Waals surface area contributed by atoms with Crippen molar-refractivity contribution < 1.29 is 0 Å². The monoisotopic (exact) mass is 337 g/mol. The number of thiazole rings is 1. The minimum atomic E-state index is 1.05. The number of benzene rings is 2. The Kier molecular flexibility index (Phi) is 4.25. The Morgan fingerprint density at radius 3 is 2.50 bits per heavy atom. The van der Waals surface area contributed by atoms with Crippen molar-refractivity contribution in [1.82, 2.24) is 9.88 Å². The fourth-order valence-corrected chi connectivity index (χ4v) is 4.63. The molecule has 0 aliphatic carbocycles. The number of anilines is 1. The Morgan fingerprint density at radius 2 is 1.75 bits per heavy atom. The summed E-state index contributed by atoms with van der Waals surface area (Å²) >= 11 is 1.83. The van der Waals surface area contributed by atoms with Crippen molar-refractivity contribution in [1.29, 1.82) is 0 Å². The van der Waals surface area contributed by atoms with Gasteiger partial charge in [-0.2, -0.15) is 0 Å². The second-order valence-corrected chi connectivity index (χ2v) is 7.68. The maximum Gasteiger partial charge on any atom is 0.186 e. The fourth-order valence-electron chi connectivity index (χ4n) is 3.43. The molecule has 0 saturated carbocycles. The first-order valence-electron chi connectivity index (χ1n) is 8.58. The lowest BCUT2D eigenvalue weighted by molar-refractivity contribution is 0.250. The molecule has 0 unspecified atom stereocenters. The molecule has 24 heavy (non-hydrogen) atoms. The molecule has 3 nitrogen and oxygen atoms in total. The molecule has 1 aromatic heterocycles. The van der Waals surface area contributed by atoms with Crippen molar-refractivity contribution in [3.8, 4) is 0 Å². The maximum atomic E-state index is 4.91. The van der Waals surface area contributed by atoms with E-state index < -0.39 is 0 Å². The number of hydrogen-bond donors (Lipinski definition) is 0. The van der Waals surface area contributed by atoms with E-state index >= 15 is 0 Å². The van der Waals surface area contributed by atoms with Crippen LogP contribution in [-0.4, -0.2) is 36.1 Å². The van der Waals surface area contributed by atoms with Crippen molar-refractivity contribution in [2.45, 2.75) is 20.4 Å². The predicted molar refractivity (Wildman–Crippen MR) is 103 cm³/mol. The van der Waals surface area contributed by atoms with Gasteiger partial charge in [0.05, 0.1) is 10.2 Å². The van der Waals surface area contributed by atoms with Crippen LogP contribution in [0.15, 0.2) is 42.5 Å². The van der Waals surface area contributed by atoms with Crippen LogP contribution in [-0.2, 0) is 6.54 Å². The number of aryl methyl sites for hydroxylation is 2. The molecule has 1 aliphatic heterocycles. The Bertz CT molecular complexity index is 833. The maximum absolute atomic E-state index is 4.91. The summed E-state index contributed by atoms with van der Waals surface area (Å²) in [7, 11) is 0. The van der Waals surface area contributed by atoms with Crippen molar-refractivity contribution in [2.24, 2.45) is 0 Å². The van der Waals surface area contributed by atoms with E-state index in [2.05, 4.69) is 66.1 Å². The normalized spacial score (nSPS) is 16.0. The lowest BCUT2D eigenvalue weighted by atomic mass is 10.1. The Morgan fingerprint density at radius 1 is 1.00 bits per heavy atom. The summed E-state index contributed by atoms with van der Waals surface area (Å²) < 4.78 is 1.31. The van der Waals surface area contributed by atoms with Gasteiger partial charge in [-0.15, -0.1) is 0 Å². The Hall–Kier alpha value is -1.91. The SMILES string of the molecule is Cc1cc(C)c2nc(N3CCN(Cc4ccccc4)CC3)sc2c1. The van der Waals surface area contributed by atoms with E-state index in [1.165, 1.54) is 32.0 Å². The highest BCUT2D eigenvalue weighted by molar-refractivity contribution is 7.22. The zero-order valence-electron chi connectivity index (χ0n) is 14.3. The van der Waals surface area contributed by atoms with Gasteiger partial charge in [0, 0.05) is 32.7 Å². The summed E-state index contributed by atoms with van der Waals surface area (Å²) in [6.45, 7) is 9.69. The smallest absolute Gasteiger partial charge is 0.186 e. The molecule has 3 aromatic rings. The molecular weight excluding hydrogens is 314 g/mol. The number of nitrogens with zero attached hydrogens (tertiary/aromatic N) is 3. The summed E-state index contributed by atoms with van der Waals surface area (Å²) in [6, 6.07) is 15.2. The molecule has 1 saturated heterocycles. The average Bonchev–Trinajstić information content (AvgIpc) is 3.01. The highest BCUT2D eigenvalue weighted by Crippen LogP contribution is 2.32. The summed E-state index contributed by atoms with van der Waals surface area (Å²) in [6.07, 6.45) is 0. The summed E-state index contributed by atoms with van der Waals surface area (Å²) in [5.74, 6) is 0. The van der Waals surface area contributed by atoms with E-state index in [9.17, 15) is 0 Å². The van der Waals surface area contributed by atoms with Gasteiger partial charge < -0.3 is 4.90 Å². The minimum absolute atomic E-state index is 1.05. The molecule has 0 atom stereocenters. The molecule has 2 heterocycles. The van der Waals surface area contributed by atoms with Crippen LogP contribution in [0.25, 0.3) is 10.2 Å². The molecule has 0 spiro atoms. The highest BCUT2D eigenvalue weighted by Gasteiger charge is 2.20. The van der Waals surface area contributed by atoms with Crippen molar-refractivity contribution >= 4 is 26.7 Å². The highest BCUT2D eigenvalue weighted by atomic mass is 32.1. The molecule has 0 radical (unpaired) electrons. The molecule has 0 N–H and O–H groups in total. The molecule has 124 valence electrons. The van der Waals surface area contributed by atoms with E-state index in [-0.39, 0.29) is 0 Å². The van der Waals surface area contributed by atoms with Gasteiger partial charge in [0.2, 0.25) is 0 Å². The van der Waals surface area contributed by atoms with Crippen LogP contribution in [0.3, 0.4) is 0 Å². The van der Waals surface area contributed by atoms with Gasteiger partial charge in [-0.25, -0.2) is 4.98 Å². The predicted octanol–water partition coefficient (Wildman–Crippen LogP) is 4.24. The van der Waals surface area contributed by atoms with Crippen molar-refractivity contribution in [3.63, 3.8) is 0 Å². The second kappa shape index (κ2) is 6.54. The third kappa shape index (κ3) is 3.17. The molecule has 4 rings (SSSR count). The number of hydrogen-bond acceptors (Lipinski definition) is 4. The van der Waals surface area contributed by atoms with Crippen molar-refractivity contribution in [3.05, 3.63) is 59.2 Å². The van der Waals surface area contributed by atoms with E-state index in [1.807, 2.05) is 11.3 Å². The molecule has 0 bridgehead atoms. The minimum Gasteiger partial charge on any atom is -0.345 e. The van der Waals surface area contributed by atoms with Gasteiger partial charge in [0.15, 0.2) is 5.13 Å². The third-order valence-corrected chi connectivity index (χ3v) is 5.77. The van der Waals surface area contributed by atoms with Gasteiger partial charge in [-0.1, -0.05) is 47.7 Å².